The van der Waals surface area contributed by atoms with Crippen molar-refractivity contribution in [2.24, 2.45) is 0 Å². The molecule has 1 aromatic carbocycles. The Balaban J connectivity index is 3.34. The van der Waals surface area contributed by atoms with Crippen molar-refractivity contribution >= 4 is 5.97 Å². The van der Waals surface area contributed by atoms with Gasteiger partial charge in [0.1, 0.15) is 5.82 Å². The van der Waals surface area contributed by atoms with E-state index >= 15 is 0 Å². The van der Waals surface area contributed by atoms with Gasteiger partial charge in [0.15, 0.2) is 0 Å². The molecule has 0 spiro atoms. The number of carboxylic acids is 1. The molecule has 0 aromatic heterocycles. The second-order valence-electron chi connectivity index (χ2n) is 2.79. The Morgan fingerprint density at radius 2 is 2.00 bits per heavy atom. The Morgan fingerprint density at radius 1 is 1.43 bits per heavy atom. The molecule has 1 N–H and O–H groups in total. The van der Waals surface area contributed by atoms with Crippen LogP contribution in [0.25, 0.3) is 0 Å². The summed E-state index contributed by atoms with van der Waals surface area (Å²) in [7, 11) is 0. The van der Waals surface area contributed by atoms with E-state index in [1.54, 1.807) is 0 Å². The zero-order chi connectivity index (χ0) is 10.9. The van der Waals surface area contributed by atoms with E-state index in [4.69, 9.17) is 5.11 Å². The summed E-state index contributed by atoms with van der Waals surface area (Å²) in [5.41, 5.74) is -1.14. The molecular weight excluding hydrogens is 197 g/mol. The molecule has 2 nitrogen and oxygen atoms in total. The minimum absolute atomic E-state index is 0.0440. The number of benzene rings is 1. The summed E-state index contributed by atoms with van der Waals surface area (Å²) in [6.45, 7) is 1.30. The number of carbonyl (C=O) groups is 1. The molecule has 0 bridgehead atoms. The van der Waals surface area contributed by atoms with Crippen LogP contribution in [0.3, 0.4) is 0 Å². The van der Waals surface area contributed by atoms with Gasteiger partial charge in [-0.25, -0.2) is 18.0 Å². The van der Waals surface area contributed by atoms with E-state index in [2.05, 4.69) is 0 Å². The molecule has 0 atom stereocenters. The average Bonchev–Trinajstić information content (AvgIpc) is 2.02. The first-order valence-electron chi connectivity index (χ1n) is 3.75. The summed E-state index contributed by atoms with van der Waals surface area (Å²) in [4.78, 5) is 10.4. The van der Waals surface area contributed by atoms with Gasteiger partial charge >= 0.3 is 5.97 Å². The molecule has 0 unspecified atom stereocenters. The van der Waals surface area contributed by atoms with Crippen molar-refractivity contribution < 1.29 is 23.1 Å². The predicted molar refractivity (Wildman–Crippen MR) is 43.1 cm³/mol. The fraction of sp³-hybridized carbons (Fsp3) is 0.222. The maximum atomic E-state index is 12.9. The van der Waals surface area contributed by atoms with E-state index in [0.717, 1.165) is 6.07 Å². The summed E-state index contributed by atoms with van der Waals surface area (Å²) in [5, 5.41) is 8.48. The molecular formula is C9H7F3O2. The van der Waals surface area contributed by atoms with Crippen molar-refractivity contribution in [3.05, 3.63) is 34.6 Å². The molecule has 0 aliphatic carbocycles. The number of carboxylic acid groups (broad SMARTS) is 1. The van der Waals surface area contributed by atoms with E-state index < -0.39 is 29.3 Å². The first-order chi connectivity index (χ1) is 6.43. The van der Waals surface area contributed by atoms with Crippen LogP contribution in [0.15, 0.2) is 12.1 Å². The zero-order valence-electron chi connectivity index (χ0n) is 7.22. The molecule has 14 heavy (non-hydrogen) atoms. The van der Waals surface area contributed by atoms with E-state index in [1.807, 2.05) is 0 Å². The summed E-state index contributed by atoms with van der Waals surface area (Å²) >= 11 is 0. The fourth-order valence-electron chi connectivity index (χ4n) is 1.09. The normalized spacial score (nSPS) is 10.6. The maximum absolute atomic E-state index is 12.9. The summed E-state index contributed by atoms with van der Waals surface area (Å²) < 4.78 is 37.5. The molecule has 0 fully saturated rings. The number of hydrogen-bond donors (Lipinski definition) is 1. The largest absolute Gasteiger partial charge is 0.478 e. The van der Waals surface area contributed by atoms with Gasteiger partial charge in [0.05, 0.1) is 5.56 Å². The number of halogens is 3. The van der Waals surface area contributed by atoms with Crippen LogP contribution in [0.2, 0.25) is 0 Å². The Morgan fingerprint density at radius 3 is 2.43 bits per heavy atom. The standard InChI is InChI=1S/C9H7F3O2/c1-4-2-7(10)6(9(13)14)3-5(4)8(11)12/h2-3,8H,1H3,(H,13,14). The van der Waals surface area contributed by atoms with Gasteiger partial charge in [-0.3, -0.25) is 0 Å². The van der Waals surface area contributed by atoms with Crippen LogP contribution >= 0.6 is 0 Å². The second-order valence-corrected chi connectivity index (χ2v) is 2.79. The highest BCUT2D eigenvalue weighted by atomic mass is 19.3. The molecule has 5 heteroatoms. The smallest absolute Gasteiger partial charge is 0.338 e. The lowest BCUT2D eigenvalue weighted by atomic mass is 10.0. The van der Waals surface area contributed by atoms with Crippen LogP contribution < -0.4 is 0 Å². The van der Waals surface area contributed by atoms with Gasteiger partial charge < -0.3 is 5.11 Å². The van der Waals surface area contributed by atoms with Gasteiger partial charge in [-0.2, -0.15) is 0 Å². The fourth-order valence-corrected chi connectivity index (χ4v) is 1.09. The Kier molecular flexibility index (Phi) is 2.78. The van der Waals surface area contributed by atoms with Crippen LogP contribution in [0.5, 0.6) is 0 Å². The van der Waals surface area contributed by atoms with E-state index in [9.17, 15) is 18.0 Å². The van der Waals surface area contributed by atoms with Crippen LogP contribution in [0.4, 0.5) is 13.2 Å². The molecule has 0 aliphatic heterocycles. The van der Waals surface area contributed by atoms with Crippen molar-refractivity contribution in [1.29, 1.82) is 0 Å². The Hall–Kier alpha value is -1.52. The molecule has 1 aromatic rings. The van der Waals surface area contributed by atoms with Crippen LogP contribution in [-0.2, 0) is 0 Å². The number of aromatic carboxylic acids is 1. The van der Waals surface area contributed by atoms with Crippen molar-refractivity contribution in [2.75, 3.05) is 0 Å². The number of alkyl halides is 2. The van der Waals surface area contributed by atoms with E-state index in [0.29, 0.717) is 6.07 Å². The third-order valence-corrected chi connectivity index (χ3v) is 1.82. The SMILES string of the molecule is Cc1cc(F)c(C(=O)O)cc1C(F)F. The summed E-state index contributed by atoms with van der Waals surface area (Å²) in [5.74, 6) is -2.55. The second kappa shape index (κ2) is 3.69. The molecule has 0 heterocycles. The summed E-state index contributed by atoms with van der Waals surface area (Å²) in [6.07, 6.45) is -2.80. The Labute approximate surface area is 78.0 Å². The lowest BCUT2D eigenvalue weighted by Crippen LogP contribution is -2.03. The third kappa shape index (κ3) is 1.86. The van der Waals surface area contributed by atoms with Crippen LogP contribution in [0.1, 0.15) is 27.9 Å². The molecule has 0 aliphatic rings. The topological polar surface area (TPSA) is 37.3 Å². The number of aryl methyl sites for hydroxylation is 1. The van der Waals surface area contributed by atoms with Gasteiger partial charge in [0, 0.05) is 5.56 Å². The monoisotopic (exact) mass is 204 g/mol. The van der Waals surface area contributed by atoms with Gasteiger partial charge in [0.2, 0.25) is 0 Å². The lowest BCUT2D eigenvalue weighted by Gasteiger charge is -2.06. The van der Waals surface area contributed by atoms with Gasteiger partial charge in [0.25, 0.3) is 6.43 Å². The molecule has 1 rings (SSSR count). The molecule has 0 saturated heterocycles. The van der Waals surface area contributed by atoms with Crippen molar-refractivity contribution in [1.82, 2.24) is 0 Å². The highest BCUT2D eigenvalue weighted by molar-refractivity contribution is 5.88. The first kappa shape index (κ1) is 10.6. The van der Waals surface area contributed by atoms with Crippen LogP contribution in [-0.4, -0.2) is 11.1 Å². The Bertz CT molecular complexity index is 375. The van der Waals surface area contributed by atoms with E-state index in [1.165, 1.54) is 6.92 Å². The summed E-state index contributed by atoms with van der Waals surface area (Å²) in [6, 6.07) is 1.46. The highest BCUT2D eigenvalue weighted by Crippen LogP contribution is 2.25. The predicted octanol–water partition coefficient (Wildman–Crippen LogP) is 2.77. The molecule has 0 radical (unpaired) electrons. The minimum atomic E-state index is -2.80. The minimum Gasteiger partial charge on any atom is -0.478 e. The van der Waals surface area contributed by atoms with Crippen molar-refractivity contribution in [3.8, 4) is 0 Å². The molecule has 76 valence electrons. The maximum Gasteiger partial charge on any atom is 0.338 e. The highest BCUT2D eigenvalue weighted by Gasteiger charge is 2.17. The van der Waals surface area contributed by atoms with Gasteiger partial charge in [-0.1, -0.05) is 0 Å². The average molecular weight is 204 g/mol. The lowest BCUT2D eigenvalue weighted by molar-refractivity contribution is 0.0691. The van der Waals surface area contributed by atoms with Gasteiger partial charge in [-0.15, -0.1) is 0 Å². The quantitative estimate of drug-likeness (QED) is 0.804. The van der Waals surface area contributed by atoms with Crippen LogP contribution in [0, 0.1) is 12.7 Å². The van der Waals surface area contributed by atoms with Crippen molar-refractivity contribution in [2.45, 2.75) is 13.3 Å². The molecule has 0 amide bonds. The van der Waals surface area contributed by atoms with Gasteiger partial charge in [-0.05, 0) is 24.6 Å². The molecule has 0 saturated carbocycles. The first-order valence-corrected chi connectivity index (χ1v) is 3.75. The van der Waals surface area contributed by atoms with Crippen molar-refractivity contribution in [3.63, 3.8) is 0 Å². The number of rotatable bonds is 2. The third-order valence-electron chi connectivity index (χ3n) is 1.82. The zero-order valence-corrected chi connectivity index (χ0v) is 7.22. The van der Waals surface area contributed by atoms with E-state index in [-0.39, 0.29) is 5.56 Å². The number of hydrogen-bond acceptors (Lipinski definition) is 1.